The van der Waals surface area contributed by atoms with Gasteiger partial charge in [-0.15, -0.1) is 0 Å². The molecule has 0 aliphatic heterocycles. The van der Waals surface area contributed by atoms with E-state index >= 15 is 0 Å². The van der Waals surface area contributed by atoms with E-state index in [2.05, 4.69) is 164 Å². The summed E-state index contributed by atoms with van der Waals surface area (Å²) in [6.45, 7) is 0. The second kappa shape index (κ2) is 13.4. The van der Waals surface area contributed by atoms with Crippen LogP contribution in [0.4, 0.5) is 0 Å². The normalized spacial score (nSPS) is 11.0. The molecule has 0 saturated heterocycles. The highest BCUT2D eigenvalue weighted by Gasteiger charge is 2.25. The zero-order valence-electron chi connectivity index (χ0n) is 21.8. The molecule has 0 fully saturated rings. The SMILES string of the molecule is c1ccc(Sc2ccccc2P(c2ccccc2Sc2ccccc2)c2ccccc2Sc2ccccc2)cc1. The van der Waals surface area contributed by atoms with Crippen molar-refractivity contribution in [3.63, 3.8) is 0 Å². The van der Waals surface area contributed by atoms with E-state index in [1.165, 1.54) is 45.3 Å². The van der Waals surface area contributed by atoms with Crippen LogP contribution in [-0.2, 0) is 0 Å². The predicted molar refractivity (Wildman–Crippen MR) is 177 cm³/mol. The molecule has 0 heterocycles. The largest absolute Gasteiger partial charge is 0.0894 e. The first kappa shape index (κ1) is 27.0. The highest BCUT2D eigenvalue weighted by Crippen LogP contribution is 2.45. The molecule has 0 N–H and O–H groups in total. The zero-order valence-corrected chi connectivity index (χ0v) is 25.1. The second-order valence-electron chi connectivity index (χ2n) is 8.98. The Morgan fingerprint density at radius 2 is 0.525 bits per heavy atom. The molecule has 0 atom stereocenters. The van der Waals surface area contributed by atoms with Gasteiger partial charge in [0.25, 0.3) is 0 Å². The van der Waals surface area contributed by atoms with Gasteiger partial charge < -0.3 is 0 Å². The van der Waals surface area contributed by atoms with Crippen molar-refractivity contribution in [2.45, 2.75) is 29.4 Å². The van der Waals surface area contributed by atoms with E-state index in [1.54, 1.807) is 0 Å². The Balaban J connectivity index is 1.52. The van der Waals surface area contributed by atoms with Gasteiger partial charge in [0, 0.05) is 29.4 Å². The van der Waals surface area contributed by atoms with Crippen LogP contribution < -0.4 is 15.9 Å². The predicted octanol–water partition coefficient (Wildman–Crippen LogP) is 9.90. The number of rotatable bonds is 9. The highest BCUT2D eigenvalue weighted by atomic mass is 32.2. The minimum Gasteiger partial charge on any atom is -0.0894 e. The van der Waals surface area contributed by atoms with Crippen molar-refractivity contribution in [1.29, 1.82) is 0 Å². The molecular formula is C36H27PS3. The molecule has 0 saturated carbocycles. The monoisotopic (exact) mass is 586 g/mol. The fourth-order valence-corrected chi connectivity index (χ4v) is 10.6. The van der Waals surface area contributed by atoms with Gasteiger partial charge in [0.1, 0.15) is 0 Å². The molecule has 0 aliphatic carbocycles. The van der Waals surface area contributed by atoms with Gasteiger partial charge in [0.05, 0.1) is 0 Å². The van der Waals surface area contributed by atoms with Crippen LogP contribution in [0.5, 0.6) is 0 Å². The third-order valence-electron chi connectivity index (χ3n) is 6.23. The molecule has 0 spiro atoms. The standard InChI is InChI=1S/C36H27PS3/c1-4-16-28(17-5-1)38-34-25-13-10-22-31(34)37(32-23-11-14-26-35(32)39-29-18-6-2-7-19-29)33-24-12-15-27-36(33)40-30-20-8-3-9-21-30/h1-27H. The Morgan fingerprint density at radius 3 is 0.825 bits per heavy atom. The van der Waals surface area contributed by atoms with Crippen LogP contribution >= 0.6 is 43.2 Å². The molecule has 0 aromatic heterocycles. The van der Waals surface area contributed by atoms with Crippen molar-refractivity contribution in [3.05, 3.63) is 164 Å². The zero-order chi connectivity index (χ0) is 27.0. The van der Waals surface area contributed by atoms with Crippen molar-refractivity contribution in [3.8, 4) is 0 Å². The van der Waals surface area contributed by atoms with Crippen LogP contribution in [0.3, 0.4) is 0 Å². The van der Waals surface area contributed by atoms with Gasteiger partial charge in [-0.05, 0) is 78.4 Å². The molecule has 0 amide bonds. The lowest BCUT2D eigenvalue weighted by Crippen LogP contribution is -2.24. The van der Waals surface area contributed by atoms with Gasteiger partial charge in [0.2, 0.25) is 0 Å². The van der Waals surface area contributed by atoms with Crippen LogP contribution in [0, 0.1) is 0 Å². The van der Waals surface area contributed by atoms with Gasteiger partial charge in [-0.1, -0.05) is 144 Å². The van der Waals surface area contributed by atoms with E-state index in [0.29, 0.717) is 0 Å². The first-order valence-electron chi connectivity index (χ1n) is 13.1. The highest BCUT2D eigenvalue weighted by molar-refractivity contribution is 8.02. The lowest BCUT2D eigenvalue weighted by Gasteiger charge is -2.26. The van der Waals surface area contributed by atoms with E-state index in [0.717, 1.165) is 0 Å². The summed E-state index contributed by atoms with van der Waals surface area (Å²) in [5.74, 6) is 0. The van der Waals surface area contributed by atoms with E-state index in [-0.39, 0.29) is 0 Å². The summed E-state index contributed by atoms with van der Waals surface area (Å²) >= 11 is 5.56. The van der Waals surface area contributed by atoms with Crippen LogP contribution in [0.2, 0.25) is 0 Å². The van der Waals surface area contributed by atoms with Crippen molar-refractivity contribution >= 4 is 59.1 Å². The van der Waals surface area contributed by atoms with E-state index in [4.69, 9.17) is 0 Å². The molecule has 0 bridgehead atoms. The first-order valence-corrected chi connectivity index (χ1v) is 16.9. The molecule has 6 rings (SSSR count). The number of benzene rings is 6. The fraction of sp³-hybridized carbons (Fsp3) is 0. The second-order valence-corrected chi connectivity index (χ2v) is 14.4. The van der Waals surface area contributed by atoms with Crippen LogP contribution in [0.15, 0.2) is 193 Å². The average molecular weight is 587 g/mol. The Hall–Kier alpha value is -3.20. The quantitative estimate of drug-likeness (QED) is 0.155. The maximum atomic E-state index is 2.34. The Kier molecular flexibility index (Phi) is 9.07. The minimum atomic E-state index is -0.859. The topological polar surface area (TPSA) is 0 Å². The molecule has 0 aliphatic rings. The average Bonchev–Trinajstić information content (AvgIpc) is 3.01. The Labute approximate surface area is 251 Å². The molecule has 40 heavy (non-hydrogen) atoms. The number of hydrogen-bond donors (Lipinski definition) is 0. The lowest BCUT2D eigenvalue weighted by atomic mass is 10.3. The van der Waals surface area contributed by atoms with Crippen molar-refractivity contribution < 1.29 is 0 Å². The first-order chi connectivity index (χ1) is 19.8. The van der Waals surface area contributed by atoms with Crippen molar-refractivity contribution in [1.82, 2.24) is 0 Å². The van der Waals surface area contributed by atoms with E-state index in [9.17, 15) is 0 Å². The molecule has 0 nitrogen and oxygen atoms in total. The van der Waals surface area contributed by atoms with E-state index in [1.807, 2.05) is 35.3 Å². The smallest absolute Gasteiger partial charge is 0.0205 e. The summed E-state index contributed by atoms with van der Waals surface area (Å²) < 4.78 is 0. The van der Waals surface area contributed by atoms with Crippen LogP contribution in [-0.4, -0.2) is 0 Å². The maximum absolute atomic E-state index is 2.34. The summed E-state index contributed by atoms with van der Waals surface area (Å²) in [4.78, 5) is 7.67. The molecule has 0 unspecified atom stereocenters. The van der Waals surface area contributed by atoms with Gasteiger partial charge in [-0.3, -0.25) is 0 Å². The number of hydrogen-bond acceptors (Lipinski definition) is 3. The molecule has 4 heteroatoms. The van der Waals surface area contributed by atoms with Gasteiger partial charge in [-0.2, -0.15) is 0 Å². The maximum Gasteiger partial charge on any atom is 0.0205 e. The third kappa shape index (κ3) is 6.57. The summed E-state index contributed by atoms with van der Waals surface area (Å²) in [6.07, 6.45) is 0. The summed E-state index contributed by atoms with van der Waals surface area (Å²) in [5, 5.41) is 4.15. The lowest BCUT2D eigenvalue weighted by molar-refractivity contribution is 1.42. The molecule has 0 radical (unpaired) electrons. The third-order valence-corrected chi connectivity index (χ3v) is 12.6. The molecular weight excluding hydrogens is 560 g/mol. The Bertz CT molecular complexity index is 1470. The minimum absolute atomic E-state index is 0.859. The molecule has 6 aromatic rings. The fourth-order valence-electron chi connectivity index (χ4n) is 4.42. The van der Waals surface area contributed by atoms with Gasteiger partial charge in [0.15, 0.2) is 0 Å². The summed E-state index contributed by atoms with van der Waals surface area (Å²) in [5.41, 5.74) is 0. The van der Waals surface area contributed by atoms with Gasteiger partial charge in [-0.25, -0.2) is 0 Å². The summed E-state index contributed by atoms with van der Waals surface area (Å²) in [6, 6.07) is 59.0. The molecule has 194 valence electrons. The van der Waals surface area contributed by atoms with Gasteiger partial charge >= 0.3 is 0 Å². The van der Waals surface area contributed by atoms with Crippen LogP contribution in [0.25, 0.3) is 0 Å². The van der Waals surface area contributed by atoms with Crippen molar-refractivity contribution in [2.75, 3.05) is 0 Å². The summed E-state index contributed by atoms with van der Waals surface area (Å²) in [7, 11) is -0.859. The van der Waals surface area contributed by atoms with Crippen molar-refractivity contribution in [2.24, 2.45) is 0 Å². The van der Waals surface area contributed by atoms with E-state index < -0.39 is 7.92 Å². The molecule has 6 aromatic carbocycles. The Morgan fingerprint density at radius 1 is 0.275 bits per heavy atom. The van der Waals surface area contributed by atoms with Crippen LogP contribution in [0.1, 0.15) is 0 Å².